The van der Waals surface area contributed by atoms with E-state index < -0.39 is 0 Å². The first-order valence-corrected chi connectivity index (χ1v) is 54.0. The minimum atomic E-state index is -0.350. The van der Waals surface area contributed by atoms with E-state index in [2.05, 4.69) is 246 Å². The molecular weight excluding hydrogens is 1820 g/mol. The van der Waals surface area contributed by atoms with Gasteiger partial charge in [0.25, 0.3) is 0 Å². The summed E-state index contributed by atoms with van der Waals surface area (Å²) in [5.74, 6) is 13.9. The van der Waals surface area contributed by atoms with Crippen LogP contribution in [-0.2, 0) is 0 Å². The average molecular weight is 2010 g/mol. The topological polar surface area (TPSA) is 90.0 Å². The Hall–Kier alpha value is -9.57. The van der Waals surface area contributed by atoms with E-state index in [1.165, 1.54) is 109 Å². The third-order valence-corrected chi connectivity index (χ3v) is 25.0. The van der Waals surface area contributed by atoms with Gasteiger partial charge in [0.05, 0.1) is 44.2 Å². The van der Waals surface area contributed by atoms with E-state index in [4.69, 9.17) is 49.5 Å². The second-order valence-corrected chi connectivity index (χ2v) is 43.9. The molecule has 3 aliphatic rings. The van der Waals surface area contributed by atoms with Gasteiger partial charge >= 0.3 is 0 Å². The Bertz CT molecular complexity index is 5070. The zero-order valence-corrected chi connectivity index (χ0v) is 96.1. The molecule has 0 radical (unpaired) electrons. The first-order chi connectivity index (χ1) is 67.8. The maximum atomic E-state index is 13.2. The Labute approximate surface area is 876 Å². The summed E-state index contributed by atoms with van der Waals surface area (Å²) in [4.78, 5) is 6.82. The van der Waals surface area contributed by atoms with E-state index in [0.29, 0.717) is 131 Å². The number of ether oxygens (including phenoxy) is 8. The van der Waals surface area contributed by atoms with E-state index in [1.807, 2.05) is 153 Å². The van der Waals surface area contributed by atoms with Crippen LogP contribution in [0.2, 0.25) is 5.02 Å². The quantitative estimate of drug-likeness (QED) is 0.0442. The second-order valence-electron chi connectivity index (χ2n) is 43.5. The van der Waals surface area contributed by atoms with Gasteiger partial charge in [-0.15, -0.1) is 0 Å². The molecule has 0 N–H and O–H groups in total. The van der Waals surface area contributed by atoms with Crippen LogP contribution in [0.3, 0.4) is 0 Å². The Morgan fingerprint density at radius 3 is 1.26 bits per heavy atom. The van der Waals surface area contributed by atoms with Gasteiger partial charge in [0.1, 0.15) is 52.0 Å². The number of aromatic nitrogens is 1. The van der Waals surface area contributed by atoms with Gasteiger partial charge in [-0.1, -0.05) is 322 Å². The standard InChI is InChI=1S/C14H21N.C13H19ClO.C13H19FO.C13H20O.C12H18.2C11H15FO.C11H17NO.C10H11FO2.C10H13F.C10H20/c1-12(2)15-10-6-9-14(11-15)13-7-4-3-5-8-13;1-9(2)8-15-13-7-11(10(3)4)5-6-12(13)14;1-9(2)8-15-13-6-11(10(3)4)5-12(14)7-13;1-10(2)9-14-13-7-5-12(6-8-13)11(3)4;1-9(2)11-5-7-12(8-6-11)10(3)4;1-4-13-11-6-9(8(2)3)5-10(12)7-11;1-4-13-9-5-6-11(12)10(7-9)8(2)3;1-8(2)10-5-6-11(12-7-10)13-9(3)4;1-6(2)7-3-4-8(11)10-9(7)12-5-13-10;1-7(2)9-5-4-8(3)6-10(9)11;1-8(2)10-6-4-9(3)5-7-10/h3-5,7-8,12,14H,6,9-11H2,1-2H3;2*5-7,9-10H,8H2,1-4H3;5-8,10-11H,9H2,1-4H3;5-10H,1-4H3;2*5-8H,4H2,1-3H3;5-9H,1-4H3;3-4,6H,5H2,1-2H3;4-7H,1-3H3;8-10H,4-7H2,1-3H3/t14-;;;;;;;;;;/m0........../s1. The molecule has 1 saturated heterocycles. The third-order valence-electron chi connectivity index (χ3n) is 24.7. The fourth-order valence-corrected chi connectivity index (χ4v) is 15.6. The van der Waals surface area contributed by atoms with Crippen LogP contribution in [0.15, 0.2) is 200 Å². The number of piperidine rings is 1. The van der Waals surface area contributed by atoms with E-state index in [9.17, 15) is 22.0 Å². The second kappa shape index (κ2) is 68.8. The minimum Gasteiger partial charge on any atom is -0.494 e. The van der Waals surface area contributed by atoms with Gasteiger partial charge in [-0.2, -0.15) is 0 Å². The molecule has 800 valence electrons. The molecule has 0 spiro atoms. The van der Waals surface area contributed by atoms with Crippen LogP contribution in [0.5, 0.6) is 46.1 Å². The van der Waals surface area contributed by atoms with Crippen LogP contribution in [0.4, 0.5) is 22.0 Å². The molecule has 1 atom stereocenters. The van der Waals surface area contributed by atoms with Crippen molar-refractivity contribution in [2.24, 2.45) is 35.5 Å². The van der Waals surface area contributed by atoms with Crippen molar-refractivity contribution < 1.29 is 59.8 Å². The van der Waals surface area contributed by atoms with Gasteiger partial charge in [0.2, 0.25) is 18.4 Å². The smallest absolute Gasteiger partial charge is 0.231 e. The van der Waals surface area contributed by atoms with E-state index in [-0.39, 0.29) is 59.6 Å². The number of aryl methyl sites for hydroxylation is 1. The molecule has 10 nitrogen and oxygen atoms in total. The maximum Gasteiger partial charge on any atom is 0.231 e. The summed E-state index contributed by atoms with van der Waals surface area (Å²) >= 11 is 6.06. The van der Waals surface area contributed by atoms with Crippen LogP contribution >= 0.6 is 11.6 Å². The lowest BCUT2D eigenvalue weighted by atomic mass is 9.78. The van der Waals surface area contributed by atoms with Gasteiger partial charge < -0.3 is 42.8 Å². The van der Waals surface area contributed by atoms with Crippen molar-refractivity contribution in [2.75, 3.05) is 52.9 Å². The summed E-state index contributed by atoms with van der Waals surface area (Å²) in [7, 11) is 0. The Morgan fingerprint density at radius 1 is 0.375 bits per heavy atom. The summed E-state index contributed by atoms with van der Waals surface area (Å²) in [6, 6.07) is 62.2. The van der Waals surface area contributed by atoms with Crippen molar-refractivity contribution >= 4 is 11.6 Å². The van der Waals surface area contributed by atoms with Crippen LogP contribution in [0, 0.1) is 71.5 Å². The highest BCUT2D eigenvalue weighted by Gasteiger charge is 2.26. The highest BCUT2D eigenvalue weighted by molar-refractivity contribution is 6.32. The van der Waals surface area contributed by atoms with Crippen molar-refractivity contribution in [3.05, 3.63) is 301 Å². The fourth-order valence-electron chi connectivity index (χ4n) is 15.4. The molecule has 9 aromatic carbocycles. The number of fused-ring (bicyclic) bond motifs is 1. The zero-order valence-electron chi connectivity index (χ0n) is 95.3. The number of nitrogens with zero attached hydrogens (tertiary/aromatic N) is 2. The molecule has 1 aromatic heterocycles. The Balaban J connectivity index is 0.000000408. The van der Waals surface area contributed by atoms with Crippen molar-refractivity contribution in [2.45, 2.75) is 365 Å². The van der Waals surface area contributed by atoms with Crippen LogP contribution in [0.1, 0.15) is 413 Å². The lowest BCUT2D eigenvalue weighted by Crippen LogP contribution is -2.39. The van der Waals surface area contributed by atoms with Gasteiger partial charge in [-0.05, 0) is 321 Å². The van der Waals surface area contributed by atoms with Crippen molar-refractivity contribution in [3.8, 4) is 46.1 Å². The summed E-state index contributed by atoms with van der Waals surface area (Å²) in [5, 5.41) is 0.694. The van der Waals surface area contributed by atoms with Crippen molar-refractivity contribution in [1.82, 2.24) is 9.88 Å². The number of hydrogen-bond donors (Lipinski definition) is 0. The van der Waals surface area contributed by atoms with Gasteiger partial charge in [-0.3, -0.25) is 0 Å². The molecule has 1 saturated carbocycles. The highest BCUT2D eigenvalue weighted by Crippen LogP contribution is 2.42. The van der Waals surface area contributed by atoms with E-state index >= 15 is 0 Å². The minimum absolute atomic E-state index is 0.0833. The first kappa shape index (κ1) is 129. The molecule has 16 heteroatoms. The number of halogens is 6. The molecule has 0 bridgehead atoms. The Kier molecular flexibility index (Phi) is 61.4. The number of hydrogen-bond acceptors (Lipinski definition) is 10. The van der Waals surface area contributed by atoms with E-state index in [1.54, 1.807) is 36.4 Å². The lowest BCUT2D eigenvalue weighted by molar-refractivity contribution is 0.167. The Morgan fingerprint density at radius 2 is 0.812 bits per heavy atom. The number of benzene rings is 9. The lowest BCUT2D eigenvalue weighted by Gasteiger charge is -2.35. The first-order valence-electron chi connectivity index (χ1n) is 53.6. The SMILES string of the molecule is CC(C)COc1cc(C(C)C)ccc1Cl.CC(C)COc1cc(F)cc(C(C)C)c1.CC(C)COc1ccc(C(C)C)cc1.CC(C)N1CCC[C@H](c2ccccc2)C1.CC(C)Oc1ccc(C(C)C)cn1.CC(C)c1ccc(C(C)C)cc1.CC(C)c1ccc(F)c2c1OCO2.CC1CCC(C(C)C)CC1.CCOc1cc(F)cc(C(C)C)c1.CCOc1ccc(F)c(C(C)C)c1.Cc1ccc(C(C)C)c(F)c1. The molecule has 0 unspecified atom stereocenters. The fraction of sp³-hybridized carbons (Fsp3) is 0.539. The summed E-state index contributed by atoms with van der Waals surface area (Å²) in [5.41, 5.74) is 13.7. The van der Waals surface area contributed by atoms with Crippen LogP contribution in [0.25, 0.3) is 0 Å². The van der Waals surface area contributed by atoms with Gasteiger partial charge in [-0.25, -0.2) is 26.9 Å². The van der Waals surface area contributed by atoms with Crippen LogP contribution in [-0.4, -0.2) is 74.9 Å². The molecule has 144 heavy (non-hydrogen) atoms. The molecule has 10 aromatic rings. The number of pyridine rings is 1. The number of likely N-dealkylation sites (tertiary alicyclic amines) is 1. The van der Waals surface area contributed by atoms with Crippen molar-refractivity contribution in [3.63, 3.8) is 0 Å². The molecule has 2 fully saturated rings. The zero-order chi connectivity index (χ0) is 108. The number of rotatable bonds is 28. The summed E-state index contributed by atoms with van der Waals surface area (Å²) in [6.45, 7) is 82.1. The van der Waals surface area contributed by atoms with Crippen molar-refractivity contribution in [1.29, 1.82) is 0 Å². The molecule has 1 aliphatic carbocycles. The molecule has 13 rings (SSSR count). The largest absolute Gasteiger partial charge is 0.494 e. The molecule has 3 heterocycles. The summed E-state index contributed by atoms with van der Waals surface area (Å²) in [6.07, 6.45) is 10.7. The monoisotopic (exact) mass is 2010 g/mol. The van der Waals surface area contributed by atoms with Gasteiger partial charge in [0.15, 0.2) is 11.6 Å². The van der Waals surface area contributed by atoms with E-state index in [0.717, 1.165) is 75.3 Å². The third kappa shape index (κ3) is 51.2. The summed E-state index contributed by atoms with van der Waals surface area (Å²) < 4.78 is 109. The maximum absolute atomic E-state index is 13.2. The normalized spacial score (nSPS) is 14.1. The molecular formula is C128H188ClF5N2O8. The van der Waals surface area contributed by atoms with Gasteiger partial charge in [0, 0.05) is 42.5 Å². The molecule has 2 aliphatic heterocycles. The molecule has 0 amide bonds. The predicted molar refractivity (Wildman–Crippen MR) is 603 cm³/mol. The highest BCUT2D eigenvalue weighted by atomic mass is 35.5. The van der Waals surface area contributed by atoms with Crippen LogP contribution < -0.4 is 37.9 Å². The predicted octanol–water partition coefficient (Wildman–Crippen LogP) is 38.6. The average Bonchev–Trinajstić information content (AvgIpc) is 1.65.